The molecule has 0 aliphatic heterocycles. The predicted octanol–water partition coefficient (Wildman–Crippen LogP) is 0.261. The van der Waals surface area contributed by atoms with Crippen LogP contribution in [0.4, 0.5) is 0 Å². The summed E-state index contributed by atoms with van der Waals surface area (Å²) in [5.74, 6) is -0.505. The van der Waals surface area contributed by atoms with E-state index in [9.17, 15) is 19.1 Å². The molecule has 1 aromatic carbocycles. The smallest absolute Gasteiger partial charge is 0.334 e. The van der Waals surface area contributed by atoms with Gasteiger partial charge in [0.1, 0.15) is 5.76 Å². The van der Waals surface area contributed by atoms with Crippen LogP contribution in [-0.2, 0) is 25.0 Å². The summed E-state index contributed by atoms with van der Waals surface area (Å²) in [7, 11) is -2.16. The Kier molecular flexibility index (Phi) is 5.30. The highest BCUT2D eigenvalue weighted by atomic mass is 31.2. The van der Waals surface area contributed by atoms with Crippen molar-refractivity contribution in [3.8, 4) is 0 Å². The number of hydrogen-bond donors (Lipinski definition) is 0. The number of carbonyl (C=O) groups excluding carboxylic acids is 1. The molecule has 0 radical (unpaired) electrons. The first-order chi connectivity index (χ1) is 8.87. The molecule has 0 saturated carbocycles. The van der Waals surface area contributed by atoms with Crippen LogP contribution in [0.2, 0.25) is 0 Å². The minimum atomic E-state index is -4.70. The fraction of sp³-hybridized carbons (Fsp3) is 0.250. The maximum atomic E-state index is 11.2. The van der Waals surface area contributed by atoms with E-state index in [1.165, 1.54) is 20.3 Å². The highest BCUT2D eigenvalue weighted by Gasteiger charge is 2.11. The first-order valence-corrected chi connectivity index (χ1v) is 7.03. The second-order valence-electron chi connectivity index (χ2n) is 3.66. The molecule has 1 rings (SSSR count). The Morgan fingerprint density at radius 1 is 1.26 bits per heavy atom. The molecule has 0 unspecified atom stereocenters. The van der Waals surface area contributed by atoms with E-state index in [1.807, 2.05) is 0 Å². The normalized spacial score (nSPS) is 12.1. The molecular formula is C12H13O6P-2. The predicted molar refractivity (Wildman–Crippen MR) is 64.8 cm³/mol. The van der Waals surface area contributed by atoms with Crippen molar-refractivity contribution in [1.82, 2.24) is 0 Å². The molecule has 1 aromatic rings. The summed E-state index contributed by atoms with van der Waals surface area (Å²) in [5, 5.41) is 0. The van der Waals surface area contributed by atoms with Crippen molar-refractivity contribution in [3.05, 3.63) is 41.5 Å². The molecule has 0 aromatic heterocycles. The highest BCUT2D eigenvalue weighted by molar-refractivity contribution is 7.47. The van der Waals surface area contributed by atoms with Crippen molar-refractivity contribution in [2.75, 3.05) is 14.2 Å². The Labute approximate surface area is 110 Å². The molecule has 19 heavy (non-hydrogen) atoms. The zero-order valence-corrected chi connectivity index (χ0v) is 11.4. The number of ether oxygens (including phenoxy) is 2. The summed E-state index contributed by atoms with van der Waals surface area (Å²) in [4.78, 5) is 32.9. The van der Waals surface area contributed by atoms with Gasteiger partial charge in [-0.3, -0.25) is 0 Å². The Bertz CT molecular complexity index is 531. The number of esters is 1. The lowest BCUT2D eigenvalue weighted by Crippen LogP contribution is -2.16. The van der Waals surface area contributed by atoms with Gasteiger partial charge in [0.25, 0.3) is 0 Å². The minimum Gasteiger partial charge on any atom is -0.810 e. The maximum absolute atomic E-state index is 11.2. The van der Waals surface area contributed by atoms with E-state index < -0.39 is 19.7 Å². The molecule has 0 amide bonds. The average Bonchev–Trinajstić information content (AvgIpc) is 2.34. The molecular weight excluding hydrogens is 271 g/mol. The molecule has 0 bridgehead atoms. The maximum Gasteiger partial charge on any atom is 0.334 e. The quantitative estimate of drug-likeness (QED) is 0.333. The Hall–Kier alpha value is -1.62. The van der Waals surface area contributed by atoms with Gasteiger partial charge in [0.05, 0.1) is 20.3 Å². The number of carbonyl (C=O) groups is 1. The van der Waals surface area contributed by atoms with Crippen LogP contribution in [0.15, 0.2) is 30.3 Å². The fourth-order valence-electron chi connectivity index (χ4n) is 1.52. The molecule has 0 aliphatic rings. The summed E-state index contributed by atoms with van der Waals surface area (Å²) in [6, 6.07) is 6.29. The van der Waals surface area contributed by atoms with E-state index in [2.05, 4.69) is 4.74 Å². The second-order valence-corrected chi connectivity index (χ2v) is 5.20. The van der Waals surface area contributed by atoms with E-state index in [-0.39, 0.29) is 11.3 Å². The SMILES string of the molecule is COC(=O)/C=C(/OC)c1ccccc1CP(=O)([O-])[O-]. The van der Waals surface area contributed by atoms with Crippen molar-refractivity contribution < 1.29 is 28.6 Å². The molecule has 6 nitrogen and oxygen atoms in total. The zero-order valence-electron chi connectivity index (χ0n) is 10.5. The highest BCUT2D eigenvalue weighted by Crippen LogP contribution is 2.33. The monoisotopic (exact) mass is 284 g/mol. The van der Waals surface area contributed by atoms with Gasteiger partial charge >= 0.3 is 5.97 Å². The summed E-state index contributed by atoms with van der Waals surface area (Å²) in [5.41, 5.74) is 0.634. The van der Waals surface area contributed by atoms with Gasteiger partial charge in [-0.2, -0.15) is 0 Å². The number of methoxy groups -OCH3 is 2. The van der Waals surface area contributed by atoms with Gasteiger partial charge < -0.3 is 23.8 Å². The van der Waals surface area contributed by atoms with Crippen molar-refractivity contribution in [2.45, 2.75) is 6.16 Å². The van der Waals surface area contributed by atoms with Crippen LogP contribution in [0.25, 0.3) is 5.76 Å². The van der Waals surface area contributed by atoms with Gasteiger partial charge in [-0.15, -0.1) is 0 Å². The lowest BCUT2D eigenvalue weighted by Gasteiger charge is -2.30. The molecule has 0 aliphatic carbocycles. The van der Waals surface area contributed by atoms with E-state index in [0.717, 1.165) is 6.08 Å². The third-order valence-corrected chi connectivity index (χ3v) is 3.04. The average molecular weight is 284 g/mol. The number of rotatable bonds is 5. The van der Waals surface area contributed by atoms with Crippen molar-refractivity contribution >= 4 is 19.3 Å². The molecule has 0 atom stereocenters. The van der Waals surface area contributed by atoms with E-state index in [1.54, 1.807) is 18.2 Å². The van der Waals surface area contributed by atoms with Crippen LogP contribution in [0.3, 0.4) is 0 Å². The van der Waals surface area contributed by atoms with Crippen LogP contribution >= 0.6 is 7.60 Å². The molecule has 0 spiro atoms. The third-order valence-electron chi connectivity index (χ3n) is 2.32. The fourth-order valence-corrected chi connectivity index (χ4v) is 2.21. The summed E-state index contributed by atoms with van der Waals surface area (Å²) >= 11 is 0. The standard InChI is InChI=1S/C12H15O6P/c1-17-11(7-12(13)18-2)10-6-4-3-5-9(10)8-19(14,15)16/h3-7H,8H2,1-2H3,(H2,14,15,16)/p-2/b11-7+. The van der Waals surface area contributed by atoms with Crippen LogP contribution in [-0.4, -0.2) is 20.2 Å². The Balaban J connectivity index is 3.21. The first-order valence-electron chi connectivity index (χ1n) is 5.30. The summed E-state index contributed by atoms with van der Waals surface area (Å²) in [6.45, 7) is 0. The van der Waals surface area contributed by atoms with Gasteiger partial charge in [-0.05, 0) is 5.56 Å². The summed E-state index contributed by atoms with van der Waals surface area (Å²) in [6.07, 6.45) is 0.435. The molecule has 104 valence electrons. The Morgan fingerprint density at radius 3 is 2.42 bits per heavy atom. The topological polar surface area (TPSA) is 98.7 Å². The first kappa shape index (κ1) is 15.4. The Morgan fingerprint density at radius 2 is 1.89 bits per heavy atom. The zero-order chi connectivity index (χ0) is 14.5. The van der Waals surface area contributed by atoms with E-state index in [0.29, 0.717) is 5.56 Å². The van der Waals surface area contributed by atoms with Crippen LogP contribution in [0, 0.1) is 0 Å². The van der Waals surface area contributed by atoms with E-state index >= 15 is 0 Å². The van der Waals surface area contributed by atoms with Crippen molar-refractivity contribution in [3.63, 3.8) is 0 Å². The van der Waals surface area contributed by atoms with E-state index in [4.69, 9.17) is 4.74 Å². The second kappa shape index (κ2) is 6.52. The third kappa shape index (κ3) is 4.87. The van der Waals surface area contributed by atoms with Crippen molar-refractivity contribution in [2.24, 2.45) is 0 Å². The van der Waals surface area contributed by atoms with Crippen molar-refractivity contribution in [1.29, 1.82) is 0 Å². The minimum absolute atomic E-state index is 0.135. The lowest BCUT2D eigenvalue weighted by atomic mass is 10.1. The van der Waals surface area contributed by atoms with Crippen LogP contribution in [0.5, 0.6) is 0 Å². The number of benzene rings is 1. The van der Waals surface area contributed by atoms with Gasteiger partial charge in [0, 0.05) is 11.7 Å². The largest absolute Gasteiger partial charge is 0.810 e. The molecule has 0 N–H and O–H groups in total. The molecule has 7 heteroatoms. The van der Waals surface area contributed by atoms with Gasteiger partial charge in [-0.25, -0.2) is 4.79 Å². The molecule has 0 saturated heterocycles. The lowest BCUT2D eigenvalue weighted by molar-refractivity contribution is -0.314. The van der Waals surface area contributed by atoms with Gasteiger partial charge in [0.15, 0.2) is 0 Å². The van der Waals surface area contributed by atoms with Gasteiger partial charge in [0.2, 0.25) is 0 Å². The molecule has 0 heterocycles. The van der Waals surface area contributed by atoms with Crippen LogP contribution in [0.1, 0.15) is 11.1 Å². The number of hydrogen-bond acceptors (Lipinski definition) is 6. The summed E-state index contributed by atoms with van der Waals surface area (Å²) < 4.78 is 20.4. The molecule has 0 fully saturated rings. The van der Waals surface area contributed by atoms with Crippen LogP contribution < -0.4 is 9.79 Å². The van der Waals surface area contributed by atoms with Gasteiger partial charge in [-0.1, -0.05) is 31.9 Å².